The Morgan fingerprint density at radius 3 is 2.65 bits per heavy atom. The molecule has 0 aromatic heterocycles. The van der Waals surface area contributed by atoms with Crippen LogP contribution in [0.5, 0.6) is 0 Å². The molecular weight excluding hydrogens is 216 g/mol. The van der Waals surface area contributed by atoms with Crippen molar-refractivity contribution in [1.29, 1.82) is 0 Å². The predicted molar refractivity (Wildman–Crippen MR) is 64.4 cm³/mol. The van der Waals surface area contributed by atoms with Crippen LogP contribution in [0, 0.1) is 11.8 Å². The van der Waals surface area contributed by atoms with Gasteiger partial charge in [0.05, 0.1) is 0 Å². The van der Waals surface area contributed by atoms with Crippen LogP contribution in [0.15, 0.2) is 11.1 Å². The lowest BCUT2D eigenvalue weighted by Crippen LogP contribution is -2.16. The monoisotopic (exact) mass is 236 g/mol. The largest absolute Gasteiger partial charge is 0.462 e. The van der Waals surface area contributed by atoms with Gasteiger partial charge in [0.1, 0.15) is 6.10 Å². The zero-order valence-electron chi connectivity index (χ0n) is 10.8. The van der Waals surface area contributed by atoms with Gasteiger partial charge in [0.25, 0.3) is 0 Å². The third kappa shape index (κ3) is 2.43. The fraction of sp³-hybridized carbons (Fsp3) is 0.714. The minimum atomic E-state index is -0.219. The number of ketones is 1. The van der Waals surface area contributed by atoms with Gasteiger partial charge < -0.3 is 4.74 Å². The maximum Gasteiger partial charge on any atom is 0.302 e. The van der Waals surface area contributed by atoms with E-state index in [4.69, 9.17) is 4.74 Å². The summed E-state index contributed by atoms with van der Waals surface area (Å²) in [4.78, 5) is 22.8. The van der Waals surface area contributed by atoms with Crippen molar-refractivity contribution in [2.24, 2.45) is 11.8 Å². The highest BCUT2D eigenvalue weighted by atomic mass is 16.5. The summed E-state index contributed by atoms with van der Waals surface area (Å²) in [5.74, 6) is 0.971. The quantitative estimate of drug-likeness (QED) is 0.657. The van der Waals surface area contributed by atoms with Crippen LogP contribution in [-0.4, -0.2) is 17.9 Å². The molecule has 3 atom stereocenters. The molecule has 0 spiro atoms. The van der Waals surface area contributed by atoms with Crippen molar-refractivity contribution >= 4 is 11.8 Å². The minimum Gasteiger partial charge on any atom is -0.462 e. The predicted octanol–water partition coefficient (Wildman–Crippen LogP) is 2.64. The number of hydrogen-bond acceptors (Lipinski definition) is 3. The summed E-state index contributed by atoms with van der Waals surface area (Å²) in [6.07, 6.45) is 3.34. The Labute approximate surface area is 102 Å². The van der Waals surface area contributed by atoms with E-state index in [1.807, 2.05) is 6.92 Å². The summed E-state index contributed by atoms with van der Waals surface area (Å²) in [5.41, 5.74) is 2.16. The molecule has 3 nitrogen and oxygen atoms in total. The maximum atomic E-state index is 11.8. The van der Waals surface area contributed by atoms with E-state index in [2.05, 4.69) is 6.92 Å². The highest BCUT2D eigenvalue weighted by molar-refractivity contribution is 5.98. The molecule has 3 heteroatoms. The summed E-state index contributed by atoms with van der Waals surface area (Å²) in [5, 5.41) is 0. The van der Waals surface area contributed by atoms with Crippen molar-refractivity contribution in [2.45, 2.75) is 52.6 Å². The molecule has 94 valence electrons. The summed E-state index contributed by atoms with van der Waals surface area (Å²) in [6.45, 7) is 5.57. The van der Waals surface area contributed by atoms with Crippen LogP contribution >= 0.6 is 0 Å². The second-order valence-electron chi connectivity index (χ2n) is 5.37. The van der Waals surface area contributed by atoms with Gasteiger partial charge in [-0.1, -0.05) is 12.5 Å². The summed E-state index contributed by atoms with van der Waals surface area (Å²) in [6, 6.07) is 0. The first-order valence-corrected chi connectivity index (χ1v) is 6.39. The highest BCUT2D eigenvalue weighted by Gasteiger charge is 2.37. The van der Waals surface area contributed by atoms with Crippen molar-refractivity contribution in [3.05, 3.63) is 11.1 Å². The normalized spacial score (nSPS) is 33.4. The van der Waals surface area contributed by atoms with E-state index >= 15 is 0 Å². The molecule has 2 aliphatic rings. The minimum absolute atomic E-state index is 0.0317. The van der Waals surface area contributed by atoms with Gasteiger partial charge in [-0.05, 0) is 37.2 Å². The zero-order chi connectivity index (χ0) is 12.6. The van der Waals surface area contributed by atoms with Gasteiger partial charge in [0, 0.05) is 19.8 Å². The Balaban J connectivity index is 2.21. The first-order valence-electron chi connectivity index (χ1n) is 6.39. The third-order valence-corrected chi connectivity index (χ3v) is 4.16. The van der Waals surface area contributed by atoms with E-state index in [9.17, 15) is 9.59 Å². The first kappa shape index (κ1) is 12.3. The Kier molecular flexibility index (Phi) is 3.36. The molecule has 0 bridgehead atoms. The van der Waals surface area contributed by atoms with Gasteiger partial charge in [0.15, 0.2) is 5.78 Å². The Bertz CT molecular complexity index is 381. The smallest absolute Gasteiger partial charge is 0.302 e. The van der Waals surface area contributed by atoms with E-state index in [0.29, 0.717) is 18.3 Å². The molecule has 0 aliphatic heterocycles. The molecule has 2 aliphatic carbocycles. The molecule has 2 rings (SSSR count). The molecule has 0 heterocycles. The van der Waals surface area contributed by atoms with Gasteiger partial charge in [0.2, 0.25) is 0 Å². The number of ether oxygens (including phenoxy) is 1. The lowest BCUT2D eigenvalue weighted by molar-refractivity contribution is -0.146. The van der Waals surface area contributed by atoms with Crippen molar-refractivity contribution in [3.63, 3.8) is 0 Å². The molecule has 0 aromatic carbocycles. The number of hydrogen-bond donors (Lipinski definition) is 0. The summed E-state index contributed by atoms with van der Waals surface area (Å²) < 4.78 is 5.33. The fourth-order valence-corrected chi connectivity index (χ4v) is 3.11. The Morgan fingerprint density at radius 1 is 1.29 bits per heavy atom. The molecule has 17 heavy (non-hydrogen) atoms. The average molecular weight is 236 g/mol. The van der Waals surface area contributed by atoms with E-state index in [-0.39, 0.29) is 17.9 Å². The lowest BCUT2D eigenvalue weighted by atomic mass is 9.87. The molecular formula is C14H20O3. The Morgan fingerprint density at radius 2 is 2.00 bits per heavy atom. The second-order valence-corrected chi connectivity index (χ2v) is 5.37. The van der Waals surface area contributed by atoms with Gasteiger partial charge in [-0.2, -0.15) is 0 Å². The van der Waals surface area contributed by atoms with Crippen LogP contribution in [0.2, 0.25) is 0 Å². The van der Waals surface area contributed by atoms with E-state index in [1.54, 1.807) is 0 Å². The average Bonchev–Trinajstić information content (AvgIpc) is 2.44. The molecule has 0 radical (unpaired) electrons. The van der Waals surface area contributed by atoms with Crippen LogP contribution in [0.1, 0.15) is 46.5 Å². The third-order valence-electron chi connectivity index (χ3n) is 4.16. The number of rotatable bonds is 1. The van der Waals surface area contributed by atoms with Gasteiger partial charge in [-0.25, -0.2) is 0 Å². The summed E-state index contributed by atoms with van der Waals surface area (Å²) in [7, 11) is 0. The van der Waals surface area contributed by atoms with Crippen molar-refractivity contribution in [3.8, 4) is 0 Å². The number of carbonyl (C=O) groups is 2. The molecule has 0 aromatic rings. The number of esters is 1. The van der Waals surface area contributed by atoms with Crippen LogP contribution in [0.3, 0.4) is 0 Å². The lowest BCUT2D eigenvalue weighted by Gasteiger charge is -2.18. The van der Waals surface area contributed by atoms with E-state index < -0.39 is 0 Å². The molecule has 1 saturated carbocycles. The Hall–Kier alpha value is -1.12. The molecule has 0 unspecified atom stereocenters. The van der Waals surface area contributed by atoms with Gasteiger partial charge in [-0.15, -0.1) is 0 Å². The van der Waals surface area contributed by atoms with E-state index in [1.165, 1.54) is 12.5 Å². The molecule has 1 fully saturated rings. The van der Waals surface area contributed by atoms with Crippen LogP contribution < -0.4 is 0 Å². The SMILES string of the molecule is CC(=O)O[C@@H]1CC[C@H](C)[C@@H]2CC(=O)C(C)=C2C1. The molecule has 0 amide bonds. The van der Waals surface area contributed by atoms with Crippen molar-refractivity contribution < 1.29 is 14.3 Å². The number of Topliss-reactive ketones (excluding diaryl/α,β-unsaturated/α-hetero) is 1. The first-order chi connectivity index (χ1) is 7.99. The fourth-order valence-electron chi connectivity index (χ4n) is 3.11. The molecule has 0 saturated heterocycles. The number of carbonyl (C=O) groups excluding carboxylic acids is 2. The van der Waals surface area contributed by atoms with Crippen LogP contribution in [0.4, 0.5) is 0 Å². The standard InChI is InChI=1S/C14H20O3/c1-8-4-5-11(17-10(3)15)6-13-9(2)14(16)7-12(8)13/h8,11-12H,4-7H2,1-3H3/t8-,11+,12-/m0/s1. The van der Waals surface area contributed by atoms with E-state index in [0.717, 1.165) is 24.8 Å². The zero-order valence-corrected chi connectivity index (χ0v) is 10.8. The van der Waals surface area contributed by atoms with Crippen LogP contribution in [-0.2, 0) is 14.3 Å². The van der Waals surface area contributed by atoms with Crippen molar-refractivity contribution in [2.75, 3.05) is 0 Å². The van der Waals surface area contributed by atoms with Crippen molar-refractivity contribution in [1.82, 2.24) is 0 Å². The number of fused-ring (bicyclic) bond motifs is 1. The highest BCUT2D eigenvalue weighted by Crippen LogP contribution is 2.42. The van der Waals surface area contributed by atoms with Gasteiger partial charge in [-0.3, -0.25) is 9.59 Å². The number of allylic oxidation sites excluding steroid dienone is 1. The summed E-state index contributed by atoms with van der Waals surface area (Å²) >= 11 is 0. The van der Waals surface area contributed by atoms with Gasteiger partial charge >= 0.3 is 5.97 Å². The topological polar surface area (TPSA) is 43.4 Å². The second kappa shape index (κ2) is 4.63. The molecule has 0 N–H and O–H groups in total. The van der Waals surface area contributed by atoms with Crippen LogP contribution in [0.25, 0.3) is 0 Å². The maximum absolute atomic E-state index is 11.8.